The lowest BCUT2D eigenvalue weighted by molar-refractivity contribution is -0.120. The first-order valence-corrected chi connectivity index (χ1v) is 13.6. The topological polar surface area (TPSA) is 20.3 Å². The van der Waals surface area contributed by atoms with Crippen molar-refractivity contribution in [3.8, 4) is 0 Å². The Morgan fingerprint density at radius 1 is 0.710 bits per heavy atom. The van der Waals surface area contributed by atoms with Crippen LogP contribution in [0.3, 0.4) is 0 Å². The zero-order valence-corrected chi connectivity index (χ0v) is 20.5. The predicted molar refractivity (Wildman–Crippen MR) is 134 cm³/mol. The van der Waals surface area contributed by atoms with E-state index in [0.717, 1.165) is 25.9 Å². The zero-order chi connectivity index (χ0) is 22.0. The van der Waals surface area contributed by atoms with Gasteiger partial charge in [-0.1, -0.05) is 140 Å². The fourth-order valence-corrected chi connectivity index (χ4v) is 5.02. The van der Waals surface area contributed by atoms with Crippen molar-refractivity contribution < 1.29 is 4.79 Å². The summed E-state index contributed by atoms with van der Waals surface area (Å²) in [5.41, 5.74) is 1.33. The quantitative estimate of drug-likeness (QED) is 0.206. The largest absolute Gasteiger partial charge is 0.298 e. The van der Waals surface area contributed by atoms with E-state index in [0.29, 0.717) is 5.78 Å². The number of nitrogens with zero attached hydrogens (tertiary/aromatic N) is 1. The molecule has 2 rings (SSSR count). The van der Waals surface area contributed by atoms with Crippen LogP contribution in [0.2, 0.25) is 0 Å². The highest BCUT2D eigenvalue weighted by atomic mass is 16.1. The monoisotopic (exact) mass is 427 g/mol. The average molecular weight is 428 g/mol. The molecule has 0 aliphatic carbocycles. The van der Waals surface area contributed by atoms with Gasteiger partial charge >= 0.3 is 0 Å². The van der Waals surface area contributed by atoms with Gasteiger partial charge in [-0.2, -0.15) is 0 Å². The second kappa shape index (κ2) is 17.4. The van der Waals surface area contributed by atoms with Crippen molar-refractivity contribution in [3.05, 3.63) is 35.9 Å². The van der Waals surface area contributed by atoms with Gasteiger partial charge in [-0.25, -0.2) is 0 Å². The number of carbonyl (C=O) groups excluding carboxylic acids is 1. The first kappa shape index (κ1) is 26.1. The van der Waals surface area contributed by atoms with Crippen LogP contribution in [0.5, 0.6) is 0 Å². The second-order valence-electron chi connectivity index (χ2n) is 9.78. The van der Waals surface area contributed by atoms with Crippen LogP contribution >= 0.6 is 0 Å². The first-order valence-electron chi connectivity index (χ1n) is 13.6. The maximum atomic E-state index is 12.3. The van der Waals surface area contributed by atoms with Crippen LogP contribution in [0.4, 0.5) is 0 Å². The summed E-state index contributed by atoms with van der Waals surface area (Å²) in [6.07, 6.45) is 24.2. The van der Waals surface area contributed by atoms with Gasteiger partial charge in [-0.3, -0.25) is 9.69 Å². The van der Waals surface area contributed by atoms with Crippen molar-refractivity contribution >= 4 is 5.78 Å². The summed E-state index contributed by atoms with van der Waals surface area (Å²) in [4.78, 5) is 14.7. The maximum absolute atomic E-state index is 12.3. The molecule has 176 valence electrons. The van der Waals surface area contributed by atoms with Crippen molar-refractivity contribution in [3.63, 3.8) is 0 Å². The molecule has 0 bridgehead atoms. The Morgan fingerprint density at radius 3 is 1.71 bits per heavy atom. The van der Waals surface area contributed by atoms with E-state index in [1.807, 2.05) is 0 Å². The predicted octanol–water partition coefficient (Wildman–Crippen LogP) is 8.48. The molecule has 31 heavy (non-hydrogen) atoms. The average Bonchev–Trinajstić information content (AvgIpc) is 3.13. The van der Waals surface area contributed by atoms with Crippen molar-refractivity contribution in [2.45, 2.75) is 135 Å². The molecule has 1 saturated heterocycles. The van der Waals surface area contributed by atoms with Gasteiger partial charge in [0.05, 0.1) is 6.04 Å². The highest BCUT2D eigenvalue weighted by Gasteiger charge is 2.31. The lowest BCUT2D eigenvalue weighted by Gasteiger charge is -2.23. The zero-order valence-electron chi connectivity index (χ0n) is 20.5. The Bertz CT molecular complexity index is 555. The molecule has 0 amide bonds. The molecule has 1 aromatic rings. The summed E-state index contributed by atoms with van der Waals surface area (Å²) >= 11 is 0. The fourth-order valence-electron chi connectivity index (χ4n) is 5.02. The summed E-state index contributed by atoms with van der Waals surface area (Å²) < 4.78 is 0. The number of rotatable bonds is 19. The number of hydrogen-bond acceptors (Lipinski definition) is 2. The van der Waals surface area contributed by atoms with Gasteiger partial charge in [0.2, 0.25) is 0 Å². The molecular formula is C29H49NO. The van der Waals surface area contributed by atoms with E-state index in [-0.39, 0.29) is 6.04 Å². The number of unbranched alkanes of at least 4 members (excludes halogenated alkanes) is 15. The maximum Gasteiger partial charge on any atom is 0.151 e. The van der Waals surface area contributed by atoms with Gasteiger partial charge in [0.25, 0.3) is 0 Å². The van der Waals surface area contributed by atoms with Crippen LogP contribution in [0.25, 0.3) is 0 Å². The summed E-state index contributed by atoms with van der Waals surface area (Å²) in [6, 6.07) is 10.8. The number of hydrogen-bond donors (Lipinski definition) is 0. The Hall–Kier alpha value is -1.15. The molecule has 0 spiro atoms. The van der Waals surface area contributed by atoms with Crippen molar-refractivity contribution in [1.82, 2.24) is 4.90 Å². The molecular weight excluding hydrogens is 378 g/mol. The van der Waals surface area contributed by atoms with Crippen LogP contribution in [0.15, 0.2) is 30.3 Å². The van der Waals surface area contributed by atoms with E-state index in [9.17, 15) is 4.79 Å². The standard InChI is InChI=1S/C29H49NO/c1-2-3-4-5-6-7-8-9-10-11-12-13-14-15-16-20-23-28-29(31)24-25-30(28)26-27-21-18-17-19-22-27/h17-19,21-22,28H,2-16,20,23-26H2,1H3. The second-order valence-corrected chi connectivity index (χ2v) is 9.78. The van der Waals surface area contributed by atoms with Crippen LogP contribution in [-0.4, -0.2) is 23.3 Å². The van der Waals surface area contributed by atoms with Gasteiger partial charge < -0.3 is 0 Å². The Kier molecular flexibility index (Phi) is 14.7. The Labute approximate surface area is 193 Å². The highest BCUT2D eigenvalue weighted by Crippen LogP contribution is 2.22. The Morgan fingerprint density at radius 2 is 1.19 bits per heavy atom. The minimum atomic E-state index is 0.173. The smallest absolute Gasteiger partial charge is 0.151 e. The molecule has 1 atom stereocenters. The minimum absolute atomic E-state index is 0.173. The van der Waals surface area contributed by atoms with Gasteiger partial charge in [-0.05, 0) is 12.0 Å². The molecule has 2 nitrogen and oxygen atoms in total. The van der Waals surface area contributed by atoms with Crippen molar-refractivity contribution in [2.24, 2.45) is 0 Å². The summed E-state index contributed by atoms with van der Waals surface area (Å²) in [5, 5.41) is 0. The van der Waals surface area contributed by atoms with Crippen molar-refractivity contribution in [2.75, 3.05) is 6.54 Å². The van der Waals surface area contributed by atoms with Gasteiger partial charge in [-0.15, -0.1) is 0 Å². The van der Waals surface area contributed by atoms with Crippen LogP contribution in [0.1, 0.15) is 128 Å². The number of benzene rings is 1. The third-order valence-electron chi connectivity index (χ3n) is 7.02. The van der Waals surface area contributed by atoms with E-state index < -0.39 is 0 Å². The van der Waals surface area contributed by atoms with Gasteiger partial charge in [0, 0.05) is 19.5 Å². The molecule has 0 N–H and O–H groups in total. The molecule has 1 heterocycles. The van der Waals surface area contributed by atoms with E-state index in [2.05, 4.69) is 42.2 Å². The van der Waals surface area contributed by atoms with E-state index in [1.165, 1.54) is 108 Å². The lowest BCUT2D eigenvalue weighted by atomic mass is 10.0. The molecule has 1 unspecified atom stereocenters. The third-order valence-corrected chi connectivity index (χ3v) is 7.02. The number of likely N-dealkylation sites (tertiary alicyclic amines) is 1. The van der Waals surface area contributed by atoms with Crippen LogP contribution in [0, 0.1) is 0 Å². The summed E-state index contributed by atoms with van der Waals surface area (Å²) in [7, 11) is 0. The van der Waals surface area contributed by atoms with Crippen LogP contribution < -0.4 is 0 Å². The highest BCUT2D eigenvalue weighted by molar-refractivity contribution is 5.86. The molecule has 1 aliphatic rings. The van der Waals surface area contributed by atoms with E-state index in [4.69, 9.17) is 0 Å². The molecule has 0 saturated carbocycles. The Balaban J connectivity index is 1.39. The van der Waals surface area contributed by atoms with E-state index >= 15 is 0 Å². The molecule has 2 heteroatoms. The molecule has 1 aromatic carbocycles. The lowest BCUT2D eigenvalue weighted by Crippen LogP contribution is -2.32. The molecule has 0 radical (unpaired) electrons. The fraction of sp³-hybridized carbons (Fsp3) is 0.759. The number of Topliss-reactive ketones (excluding diaryl/α,β-unsaturated/α-hetero) is 1. The third kappa shape index (κ3) is 11.9. The molecule has 1 aliphatic heterocycles. The van der Waals surface area contributed by atoms with Crippen molar-refractivity contribution in [1.29, 1.82) is 0 Å². The number of carbonyl (C=O) groups is 1. The molecule has 0 aromatic heterocycles. The van der Waals surface area contributed by atoms with E-state index in [1.54, 1.807) is 0 Å². The summed E-state index contributed by atoms with van der Waals surface area (Å²) in [6.45, 7) is 4.16. The number of ketones is 1. The normalized spacial score (nSPS) is 16.9. The first-order chi connectivity index (χ1) is 15.3. The van der Waals surface area contributed by atoms with Gasteiger partial charge in [0.15, 0.2) is 5.78 Å². The molecule has 1 fully saturated rings. The SMILES string of the molecule is CCCCCCCCCCCCCCCCCCC1C(=O)CCN1Cc1ccccc1. The van der Waals surface area contributed by atoms with Crippen LogP contribution in [-0.2, 0) is 11.3 Å². The van der Waals surface area contributed by atoms with Gasteiger partial charge in [0.1, 0.15) is 0 Å². The summed E-state index contributed by atoms with van der Waals surface area (Å²) in [5.74, 6) is 0.469. The minimum Gasteiger partial charge on any atom is -0.298 e.